The summed E-state index contributed by atoms with van der Waals surface area (Å²) in [7, 11) is 0. The Balaban J connectivity index is 2.22. The van der Waals surface area contributed by atoms with Crippen LogP contribution >= 0.6 is 0 Å². The first kappa shape index (κ1) is 11.4. The number of allylic oxidation sites excluding steroid dienone is 1. The number of carbonyl (C=O) groups is 1. The Morgan fingerprint density at radius 2 is 2.06 bits per heavy atom. The molecule has 2 rings (SSSR count). The van der Waals surface area contributed by atoms with Gasteiger partial charge in [-0.15, -0.1) is 0 Å². The van der Waals surface area contributed by atoms with Gasteiger partial charge in [-0.1, -0.05) is 18.2 Å². The molecular weight excluding hydrogens is 218 g/mol. The second kappa shape index (κ2) is 4.85. The number of hydrogen-bond donors (Lipinski definition) is 1. The number of nitrogens with zero attached hydrogens (tertiary/aromatic N) is 1. The third-order valence-corrected chi connectivity index (χ3v) is 3.00. The molecule has 17 heavy (non-hydrogen) atoms. The van der Waals surface area contributed by atoms with Gasteiger partial charge in [-0.3, -0.25) is 4.79 Å². The number of rotatable bonds is 2. The molecule has 1 unspecified atom stereocenters. The molecule has 1 fully saturated rings. The Hall–Kier alpha value is -2.06. The van der Waals surface area contributed by atoms with Gasteiger partial charge in [0.15, 0.2) is 0 Å². The maximum Gasteiger partial charge on any atom is 0.306 e. The minimum absolute atomic E-state index is 0.258. The maximum atomic E-state index is 10.9. The van der Waals surface area contributed by atoms with Crippen molar-refractivity contribution in [2.75, 3.05) is 11.4 Å². The van der Waals surface area contributed by atoms with Gasteiger partial charge in [0, 0.05) is 18.7 Å². The van der Waals surface area contributed by atoms with Crippen LogP contribution in [0, 0.1) is 5.92 Å². The number of carboxylic acid groups (broad SMARTS) is 1. The summed E-state index contributed by atoms with van der Waals surface area (Å²) in [6.07, 6.45) is 0.809. The predicted molar refractivity (Wildman–Crippen MR) is 63.4 cm³/mol. The van der Waals surface area contributed by atoms with Crippen molar-refractivity contribution in [2.24, 2.45) is 5.92 Å². The van der Waals surface area contributed by atoms with Crippen molar-refractivity contribution in [3.8, 4) is 0 Å². The lowest BCUT2D eigenvalue weighted by atomic mass is 9.94. The zero-order valence-electron chi connectivity index (χ0n) is 9.30. The lowest BCUT2D eigenvalue weighted by molar-refractivity contribution is -0.142. The number of carbonyl (C=O) groups excluding carboxylic acids is 1. The summed E-state index contributed by atoms with van der Waals surface area (Å²) in [5.41, 5.74) is 1.34. The largest absolute Gasteiger partial charge is 0.481 e. The molecule has 1 N–H and O–H groups in total. The van der Waals surface area contributed by atoms with Gasteiger partial charge in [-0.05, 0) is 18.6 Å². The standard InChI is InChI=1S/C13H13NO3/c15-9-12-8-10(13(16)17)6-7-14(12)11-4-2-1-3-5-11/h1-5,10H,6-8H2,(H,16,17). The van der Waals surface area contributed by atoms with E-state index in [1.807, 2.05) is 41.2 Å². The zero-order chi connectivity index (χ0) is 12.3. The van der Waals surface area contributed by atoms with Crippen LogP contribution in [0.4, 0.5) is 5.69 Å². The topological polar surface area (TPSA) is 57.6 Å². The molecule has 0 radical (unpaired) electrons. The van der Waals surface area contributed by atoms with Crippen molar-refractivity contribution in [3.63, 3.8) is 0 Å². The van der Waals surface area contributed by atoms with Crippen molar-refractivity contribution in [3.05, 3.63) is 36.0 Å². The Kier molecular flexibility index (Phi) is 3.26. The average molecular weight is 231 g/mol. The third kappa shape index (κ3) is 2.37. The molecule has 0 bridgehead atoms. The molecule has 0 saturated carbocycles. The normalized spacial score (nSPS) is 19.9. The van der Waals surface area contributed by atoms with Crippen LogP contribution in [0.3, 0.4) is 0 Å². The van der Waals surface area contributed by atoms with Crippen LogP contribution in [0.5, 0.6) is 0 Å². The van der Waals surface area contributed by atoms with Crippen LogP contribution in [-0.4, -0.2) is 23.6 Å². The maximum absolute atomic E-state index is 10.9. The first-order chi connectivity index (χ1) is 8.22. The van der Waals surface area contributed by atoms with Gasteiger partial charge < -0.3 is 10.0 Å². The van der Waals surface area contributed by atoms with E-state index < -0.39 is 11.9 Å². The van der Waals surface area contributed by atoms with E-state index in [0.717, 1.165) is 5.69 Å². The van der Waals surface area contributed by atoms with Gasteiger partial charge in [-0.2, -0.15) is 0 Å². The Bertz CT molecular complexity index is 463. The number of aliphatic carboxylic acids is 1. The molecule has 0 aromatic heterocycles. The second-order valence-electron chi connectivity index (χ2n) is 4.06. The molecule has 1 aromatic carbocycles. The molecule has 1 heterocycles. The van der Waals surface area contributed by atoms with Crippen LogP contribution in [0.2, 0.25) is 0 Å². The second-order valence-corrected chi connectivity index (χ2v) is 4.06. The van der Waals surface area contributed by atoms with E-state index in [9.17, 15) is 9.59 Å². The van der Waals surface area contributed by atoms with E-state index in [1.54, 1.807) is 0 Å². The molecule has 1 saturated heterocycles. The molecular formula is C13H13NO3. The molecule has 88 valence electrons. The molecule has 1 aliphatic rings. The first-order valence-corrected chi connectivity index (χ1v) is 5.51. The minimum Gasteiger partial charge on any atom is -0.481 e. The van der Waals surface area contributed by atoms with Gasteiger partial charge >= 0.3 is 5.97 Å². The van der Waals surface area contributed by atoms with Crippen LogP contribution in [-0.2, 0) is 9.59 Å². The summed E-state index contributed by atoms with van der Waals surface area (Å²) in [6, 6.07) is 9.48. The van der Waals surface area contributed by atoms with Crippen LogP contribution in [0.25, 0.3) is 0 Å². The number of para-hydroxylation sites is 1. The van der Waals surface area contributed by atoms with Crippen molar-refractivity contribution in [1.82, 2.24) is 0 Å². The number of benzene rings is 1. The Morgan fingerprint density at radius 3 is 2.65 bits per heavy atom. The molecule has 1 aromatic rings. The number of carboxylic acids is 1. The van der Waals surface area contributed by atoms with E-state index >= 15 is 0 Å². The SMILES string of the molecule is O=C=C1CC(C(=O)O)CCN1c1ccccc1. The van der Waals surface area contributed by atoms with E-state index in [4.69, 9.17) is 5.11 Å². The predicted octanol–water partition coefficient (Wildman–Crippen LogP) is 1.70. The van der Waals surface area contributed by atoms with Crippen molar-refractivity contribution < 1.29 is 14.7 Å². The van der Waals surface area contributed by atoms with Gasteiger partial charge in [0.25, 0.3) is 0 Å². The smallest absolute Gasteiger partial charge is 0.306 e. The summed E-state index contributed by atoms with van der Waals surface area (Å²) in [5.74, 6) is 0.558. The molecule has 4 nitrogen and oxygen atoms in total. The van der Waals surface area contributed by atoms with Crippen LogP contribution in [0.15, 0.2) is 36.0 Å². The molecule has 0 spiro atoms. The summed E-state index contributed by atoms with van der Waals surface area (Å²) in [5, 5.41) is 8.95. The first-order valence-electron chi connectivity index (χ1n) is 5.51. The molecule has 1 atom stereocenters. The van der Waals surface area contributed by atoms with E-state index in [0.29, 0.717) is 18.7 Å². The van der Waals surface area contributed by atoms with Gasteiger partial charge in [0.2, 0.25) is 0 Å². The summed E-state index contributed by atoms with van der Waals surface area (Å²) >= 11 is 0. The molecule has 0 amide bonds. The monoisotopic (exact) mass is 231 g/mol. The van der Waals surface area contributed by atoms with Crippen molar-refractivity contribution in [2.45, 2.75) is 12.8 Å². The highest BCUT2D eigenvalue weighted by Gasteiger charge is 2.29. The highest BCUT2D eigenvalue weighted by atomic mass is 16.4. The van der Waals surface area contributed by atoms with Crippen LogP contribution < -0.4 is 4.90 Å². The molecule has 1 aliphatic heterocycles. The highest BCUT2D eigenvalue weighted by molar-refractivity contribution is 5.74. The fraction of sp³-hybridized carbons (Fsp3) is 0.308. The molecule has 0 aliphatic carbocycles. The lowest BCUT2D eigenvalue weighted by Gasteiger charge is -2.32. The van der Waals surface area contributed by atoms with Crippen molar-refractivity contribution >= 4 is 17.6 Å². The Labute approximate surface area is 99.2 Å². The minimum atomic E-state index is -0.842. The zero-order valence-corrected chi connectivity index (χ0v) is 9.30. The fourth-order valence-corrected chi connectivity index (χ4v) is 2.07. The number of piperidine rings is 1. The van der Waals surface area contributed by atoms with E-state index in [1.165, 1.54) is 0 Å². The van der Waals surface area contributed by atoms with Crippen LogP contribution in [0.1, 0.15) is 12.8 Å². The van der Waals surface area contributed by atoms with Gasteiger partial charge in [0.05, 0.1) is 5.92 Å². The number of anilines is 1. The third-order valence-electron chi connectivity index (χ3n) is 3.00. The van der Waals surface area contributed by atoms with Gasteiger partial charge in [0.1, 0.15) is 11.6 Å². The van der Waals surface area contributed by atoms with Gasteiger partial charge in [-0.25, -0.2) is 4.79 Å². The summed E-state index contributed by atoms with van der Waals surface area (Å²) < 4.78 is 0. The number of hydrogen-bond acceptors (Lipinski definition) is 3. The van der Waals surface area contributed by atoms with E-state index in [2.05, 4.69) is 0 Å². The van der Waals surface area contributed by atoms with E-state index in [-0.39, 0.29) is 6.42 Å². The summed E-state index contributed by atoms with van der Waals surface area (Å²) in [6.45, 7) is 0.547. The lowest BCUT2D eigenvalue weighted by Crippen LogP contribution is -2.35. The highest BCUT2D eigenvalue weighted by Crippen LogP contribution is 2.29. The fourth-order valence-electron chi connectivity index (χ4n) is 2.07. The average Bonchev–Trinajstić information content (AvgIpc) is 2.39. The Morgan fingerprint density at radius 1 is 1.35 bits per heavy atom. The summed E-state index contributed by atoms with van der Waals surface area (Å²) in [4.78, 5) is 23.7. The quantitative estimate of drug-likeness (QED) is 0.787. The molecule has 4 heteroatoms. The van der Waals surface area contributed by atoms with Crippen molar-refractivity contribution in [1.29, 1.82) is 0 Å².